The van der Waals surface area contributed by atoms with Crippen molar-refractivity contribution in [3.05, 3.63) is 27.9 Å². The molecule has 0 bridgehead atoms. The molecule has 0 aliphatic heterocycles. The molecule has 0 saturated carbocycles. The summed E-state index contributed by atoms with van der Waals surface area (Å²) in [6.07, 6.45) is 0. The summed E-state index contributed by atoms with van der Waals surface area (Å²) >= 11 is 13.7. The van der Waals surface area contributed by atoms with Crippen molar-refractivity contribution in [3.63, 3.8) is 0 Å². The van der Waals surface area contributed by atoms with Crippen LogP contribution in [0.1, 0.15) is 5.69 Å². The Hall–Kier alpha value is 0.710. The maximum absolute atomic E-state index is 14.0. The highest BCUT2D eigenvalue weighted by atomic mass is 79.9. The molecule has 0 amide bonds. The maximum Gasteiger partial charge on any atom is 0.346 e. The van der Waals surface area contributed by atoms with E-state index in [1.165, 1.54) is 10.6 Å². The van der Waals surface area contributed by atoms with Crippen molar-refractivity contribution in [1.29, 1.82) is 0 Å². The van der Waals surface area contributed by atoms with Crippen molar-refractivity contribution >= 4 is 77.2 Å². The van der Waals surface area contributed by atoms with Gasteiger partial charge in [-0.25, -0.2) is 13.9 Å². The lowest BCUT2D eigenvalue weighted by atomic mass is 10.5. The zero-order valence-electron chi connectivity index (χ0n) is 14.9. The van der Waals surface area contributed by atoms with Gasteiger partial charge in [0.2, 0.25) is 0 Å². The molecule has 0 aliphatic rings. The van der Waals surface area contributed by atoms with Gasteiger partial charge < -0.3 is 10.1 Å². The van der Waals surface area contributed by atoms with Crippen LogP contribution in [-0.4, -0.2) is 66.3 Å². The van der Waals surface area contributed by atoms with Crippen molar-refractivity contribution in [2.75, 3.05) is 47.5 Å². The van der Waals surface area contributed by atoms with Crippen LogP contribution in [0.5, 0.6) is 0 Å². The fraction of sp³-hybridized carbons (Fsp3) is 0.714. The Morgan fingerprint density at radius 3 is 1.81 bits per heavy atom. The first-order valence-electron chi connectivity index (χ1n) is 8.14. The van der Waals surface area contributed by atoms with E-state index >= 15 is 0 Å². The Balaban J connectivity index is 3.16. The molecule has 0 spiro atoms. The number of alkyl halides is 4. The zero-order chi connectivity index (χ0) is 20.4. The molecule has 0 N–H and O–H groups in total. The standard InChI is InChI=1S/C14H23Br4N4O4P/c1-19-13(2-3-14(19)22(23)24)12-26-27(25,20(8-4-15)9-5-16)21(10-6-17)11-7-18/h2-3H,4-12H2,1H3. The topological polar surface area (TPSA) is 80.8 Å². The Kier molecular flexibility index (Phi) is 12.5. The third-order valence-electron chi connectivity index (χ3n) is 3.85. The first kappa shape index (κ1) is 25.7. The second kappa shape index (κ2) is 13.1. The van der Waals surface area contributed by atoms with Gasteiger partial charge >= 0.3 is 13.5 Å². The molecule has 8 nitrogen and oxygen atoms in total. The first-order chi connectivity index (χ1) is 12.8. The minimum absolute atomic E-state index is 0.0176. The van der Waals surface area contributed by atoms with Crippen LogP contribution in [0.4, 0.5) is 5.82 Å². The summed E-state index contributed by atoms with van der Waals surface area (Å²) in [6.45, 7) is 2.23. The number of hydrogen-bond donors (Lipinski definition) is 0. The molecule has 0 aliphatic carbocycles. The van der Waals surface area contributed by atoms with Gasteiger partial charge in [-0.05, 0) is 11.0 Å². The number of nitrogens with zero attached hydrogens (tertiary/aromatic N) is 4. The second-order valence-electron chi connectivity index (χ2n) is 5.43. The van der Waals surface area contributed by atoms with E-state index in [0.717, 1.165) is 0 Å². The number of hydrogen-bond acceptors (Lipinski definition) is 4. The Labute approximate surface area is 193 Å². The molecule has 13 heteroatoms. The lowest BCUT2D eigenvalue weighted by Gasteiger charge is -2.37. The third-order valence-corrected chi connectivity index (χ3v) is 7.97. The van der Waals surface area contributed by atoms with Crippen LogP contribution in [0.15, 0.2) is 12.1 Å². The largest absolute Gasteiger partial charge is 0.358 e. The number of rotatable bonds is 14. The molecule has 0 saturated heterocycles. The fourth-order valence-corrected chi connectivity index (χ4v) is 7.69. The van der Waals surface area contributed by atoms with E-state index in [0.29, 0.717) is 53.2 Å². The van der Waals surface area contributed by atoms with Crippen LogP contribution < -0.4 is 0 Å². The Morgan fingerprint density at radius 2 is 1.48 bits per heavy atom. The molecule has 1 rings (SSSR count). The number of nitro groups is 1. The highest BCUT2D eigenvalue weighted by molar-refractivity contribution is 9.09. The molecule has 0 unspecified atom stereocenters. The highest BCUT2D eigenvalue weighted by Gasteiger charge is 2.38. The molecule has 156 valence electrons. The van der Waals surface area contributed by atoms with E-state index in [1.54, 1.807) is 13.1 Å². The molecule has 27 heavy (non-hydrogen) atoms. The summed E-state index contributed by atoms with van der Waals surface area (Å²) in [5.41, 5.74) is 0.595. The van der Waals surface area contributed by atoms with Gasteiger partial charge in [0.1, 0.15) is 12.3 Å². The van der Waals surface area contributed by atoms with Crippen LogP contribution in [0, 0.1) is 10.1 Å². The summed E-state index contributed by atoms with van der Waals surface area (Å²) in [5, 5.41) is 13.7. The van der Waals surface area contributed by atoms with Crippen molar-refractivity contribution in [2.45, 2.75) is 6.61 Å². The predicted octanol–water partition coefficient (Wildman–Crippen LogP) is 4.74. The van der Waals surface area contributed by atoms with Crippen molar-refractivity contribution in [3.8, 4) is 0 Å². The van der Waals surface area contributed by atoms with Gasteiger partial charge in [-0.1, -0.05) is 63.7 Å². The summed E-state index contributed by atoms with van der Waals surface area (Å²) in [7, 11) is -1.74. The van der Waals surface area contributed by atoms with Gasteiger partial charge in [0.05, 0.1) is 7.05 Å². The average molecular weight is 662 g/mol. The normalized spacial score (nSPS) is 12.3. The maximum atomic E-state index is 14.0. The van der Waals surface area contributed by atoms with Crippen LogP contribution in [0.25, 0.3) is 0 Å². The van der Waals surface area contributed by atoms with Crippen LogP contribution in [-0.2, 0) is 22.7 Å². The molecule has 1 aromatic rings. The monoisotopic (exact) mass is 658 g/mol. The molecular weight excluding hydrogens is 639 g/mol. The Bertz CT molecular complexity index is 617. The summed E-state index contributed by atoms with van der Waals surface area (Å²) in [4.78, 5) is 10.6. The second-order valence-corrected chi connectivity index (χ2v) is 11.0. The van der Waals surface area contributed by atoms with Gasteiger partial charge in [0, 0.05) is 53.6 Å². The van der Waals surface area contributed by atoms with E-state index in [4.69, 9.17) is 4.52 Å². The minimum atomic E-state index is -3.34. The smallest absolute Gasteiger partial charge is 0.346 e. The molecule has 0 fully saturated rings. The third kappa shape index (κ3) is 7.16. The molecule has 0 atom stereocenters. The minimum Gasteiger partial charge on any atom is -0.358 e. The van der Waals surface area contributed by atoms with E-state index in [1.807, 2.05) is 9.34 Å². The number of aromatic nitrogens is 1. The molecule has 0 aromatic carbocycles. The van der Waals surface area contributed by atoms with Crippen LogP contribution >= 0.6 is 71.4 Å². The van der Waals surface area contributed by atoms with Crippen molar-refractivity contribution in [2.24, 2.45) is 7.05 Å². The molecular formula is C14H23Br4N4O4P. The van der Waals surface area contributed by atoms with Crippen LogP contribution in [0.3, 0.4) is 0 Å². The van der Waals surface area contributed by atoms with Gasteiger partial charge in [0.25, 0.3) is 0 Å². The van der Waals surface area contributed by atoms with E-state index in [2.05, 4.69) is 63.7 Å². The van der Waals surface area contributed by atoms with E-state index in [-0.39, 0.29) is 12.4 Å². The number of halogens is 4. The van der Waals surface area contributed by atoms with Crippen molar-refractivity contribution < 1.29 is 14.0 Å². The molecule has 0 radical (unpaired) electrons. The molecule has 1 heterocycles. The quantitative estimate of drug-likeness (QED) is 0.124. The van der Waals surface area contributed by atoms with Crippen LogP contribution in [0.2, 0.25) is 0 Å². The Morgan fingerprint density at radius 1 is 1.04 bits per heavy atom. The summed E-state index contributed by atoms with van der Waals surface area (Å²) in [6, 6.07) is 3.05. The lowest BCUT2D eigenvalue weighted by Crippen LogP contribution is -2.37. The van der Waals surface area contributed by atoms with E-state index < -0.39 is 12.6 Å². The molecule has 1 aromatic heterocycles. The van der Waals surface area contributed by atoms with Gasteiger partial charge in [-0.15, -0.1) is 0 Å². The lowest BCUT2D eigenvalue weighted by molar-refractivity contribution is -0.391. The van der Waals surface area contributed by atoms with Gasteiger partial charge in [0.15, 0.2) is 0 Å². The van der Waals surface area contributed by atoms with Gasteiger partial charge in [-0.3, -0.25) is 9.09 Å². The summed E-state index contributed by atoms with van der Waals surface area (Å²) < 4.78 is 25.1. The average Bonchev–Trinajstić information content (AvgIpc) is 3.00. The first-order valence-corrected chi connectivity index (χ1v) is 14.2. The zero-order valence-corrected chi connectivity index (χ0v) is 22.1. The summed E-state index contributed by atoms with van der Waals surface area (Å²) in [5.74, 6) is -0.0287. The van der Waals surface area contributed by atoms with E-state index in [9.17, 15) is 14.7 Å². The van der Waals surface area contributed by atoms with Gasteiger partial charge in [-0.2, -0.15) is 0 Å². The SMILES string of the molecule is Cn1c(COP(=O)(N(CCBr)CCBr)N(CCBr)CCBr)ccc1[N+](=O)[O-]. The van der Waals surface area contributed by atoms with Crippen molar-refractivity contribution in [1.82, 2.24) is 13.9 Å². The predicted molar refractivity (Wildman–Crippen MR) is 123 cm³/mol. The highest BCUT2D eigenvalue weighted by Crippen LogP contribution is 2.55. The fourth-order valence-electron chi connectivity index (χ4n) is 2.48.